The number of benzene rings is 1. The summed E-state index contributed by atoms with van der Waals surface area (Å²) in [7, 11) is -3.01. The van der Waals surface area contributed by atoms with E-state index in [9.17, 15) is 22.0 Å². The van der Waals surface area contributed by atoms with Gasteiger partial charge in [0.2, 0.25) is 0 Å². The summed E-state index contributed by atoms with van der Waals surface area (Å²) in [5.74, 6) is 0.994. The van der Waals surface area contributed by atoms with Gasteiger partial charge < -0.3 is 4.74 Å². The Labute approximate surface area is 204 Å². The fourth-order valence-corrected chi connectivity index (χ4v) is 6.53. The van der Waals surface area contributed by atoms with E-state index in [2.05, 4.69) is 11.6 Å². The van der Waals surface area contributed by atoms with Crippen molar-refractivity contribution in [1.29, 1.82) is 0 Å². The molecule has 0 unspecified atom stereocenters. The zero-order valence-electron chi connectivity index (χ0n) is 20.2. The minimum absolute atomic E-state index is 0.0185. The number of hydrogen-bond acceptors (Lipinski definition) is 6. The van der Waals surface area contributed by atoms with Crippen LogP contribution in [0, 0.1) is 5.41 Å². The van der Waals surface area contributed by atoms with Crippen molar-refractivity contribution in [3.8, 4) is 5.75 Å². The van der Waals surface area contributed by atoms with E-state index in [0.717, 1.165) is 16.9 Å². The molecule has 9 heteroatoms. The van der Waals surface area contributed by atoms with E-state index < -0.39 is 28.3 Å². The predicted molar refractivity (Wildman–Crippen MR) is 131 cm³/mol. The third kappa shape index (κ3) is 5.10. The molecule has 2 aromatic rings. The summed E-state index contributed by atoms with van der Waals surface area (Å²) in [6, 6.07) is 8.61. The number of carbonyl (C=O) groups is 1. The molecule has 1 fully saturated rings. The Bertz CT molecular complexity index is 1260. The van der Waals surface area contributed by atoms with Gasteiger partial charge in [-0.15, -0.1) is 0 Å². The second kappa shape index (κ2) is 9.00. The highest BCUT2D eigenvalue weighted by atomic mass is 32.2. The number of fused-ring (bicyclic) bond motifs is 1. The molecule has 1 aromatic carbocycles. The Balaban J connectivity index is 1.61. The number of ether oxygens (including phenoxy) is 1. The van der Waals surface area contributed by atoms with Crippen molar-refractivity contribution in [3.63, 3.8) is 0 Å². The molecule has 6 nitrogen and oxygen atoms in total. The Morgan fingerprint density at radius 1 is 1.17 bits per heavy atom. The van der Waals surface area contributed by atoms with E-state index in [1.165, 1.54) is 12.3 Å². The van der Waals surface area contributed by atoms with Crippen molar-refractivity contribution >= 4 is 27.1 Å². The van der Waals surface area contributed by atoms with Crippen LogP contribution in [0.5, 0.6) is 5.75 Å². The first-order chi connectivity index (χ1) is 16.3. The van der Waals surface area contributed by atoms with Crippen LogP contribution in [0.3, 0.4) is 0 Å². The van der Waals surface area contributed by atoms with Gasteiger partial charge in [0.25, 0.3) is 6.43 Å². The lowest BCUT2D eigenvalue weighted by atomic mass is 9.77. The lowest BCUT2D eigenvalue weighted by Crippen LogP contribution is -2.33. The summed E-state index contributed by atoms with van der Waals surface area (Å²) in [6.45, 7) is 9.55. The third-order valence-electron chi connectivity index (χ3n) is 7.17. The van der Waals surface area contributed by atoms with E-state index in [4.69, 9.17) is 4.74 Å². The molecular weight excluding hydrogens is 474 g/mol. The van der Waals surface area contributed by atoms with Crippen molar-refractivity contribution in [1.82, 2.24) is 4.98 Å². The average Bonchev–Trinajstić information content (AvgIpc) is 3.00. The molecule has 2 aliphatic heterocycles. The summed E-state index contributed by atoms with van der Waals surface area (Å²) in [4.78, 5) is 19.5. The Morgan fingerprint density at radius 2 is 1.86 bits per heavy atom. The quantitative estimate of drug-likeness (QED) is 0.467. The molecule has 4 rings (SSSR count). The van der Waals surface area contributed by atoms with E-state index in [0.29, 0.717) is 24.2 Å². The lowest BCUT2D eigenvalue weighted by Gasteiger charge is -2.32. The molecule has 0 atom stereocenters. The number of Topliss-reactive ketones (excluding diaryl/α,β-unsaturated/α-hetero) is 1. The van der Waals surface area contributed by atoms with Gasteiger partial charge in [0.05, 0.1) is 17.2 Å². The molecular formula is C26H30F2N2O4S. The molecule has 35 heavy (non-hydrogen) atoms. The molecule has 0 bridgehead atoms. The standard InChI is InChI=1S/C26H30F2N2O4S/c1-17-25(2,3)20-13-18(22(31)15-26(4)8-11-35(32,33)12-9-26)5-6-21(20)30(17)24-14-19(7-10-29-24)34-16-23(27)28/h5-7,10,13-14,23H,1,8-9,11-12,15-16H2,2-4H3. The number of rotatable bonds is 7. The number of anilines is 2. The maximum absolute atomic E-state index is 13.2. The van der Waals surface area contributed by atoms with Crippen LogP contribution < -0.4 is 9.64 Å². The number of aromatic nitrogens is 1. The maximum atomic E-state index is 13.2. The predicted octanol–water partition coefficient (Wildman–Crippen LogP) is 5.46. The molecule has 0 saturated carbocycles. The first-order valence-corrected chi connectivity index (χ1v) is 13.4. The van der Waals surface area contributed by atoms with Crippen LogP contribution in [0.25, 0.3) is 0 Å². The SMILES string of the molecule is C=C1N(c2cc(OCC(F)F)ccn2)c2ccc(C(=O)CC3(C)CCS(=O)(=O)CC3)cc2C1(C)C. The van der Waals surface area contributed by atoms with Gasteiger partial charge in [-0.1, -0.05) is 27.4 Å². The van der Waals surface area contributed by atoms with Crippen molar-refractivity contribution in [3.05, 3.63) is 59.9 Å². The van der Waals surface area contributed by atoms with Gasteiger partial charge in [0.15, 0.2) is 5.78 Å². The number of nitrogens with zero attached hydrogens (tertiary/aromatic N) is 2. The minimum Gasteiger partial charge on any atom is -0.487 e. The fraction of sp³-hybridized carbons (Fsp3) is 0.462. The number of halogens is 2. The van der Waals surface area contributed by atoms with Gasteiger partial charge in [0, 0.05) is 35.4 Å². The van der Waals surface area contributed by atoms with Crippen LogP contribution in [0.2, 0.25) is 0 Å². The topological polar surface area (TPSA) is 76.6 Å². The first-order valence-electron chi connectivity index (χ1n) is 11.6. The zero-order valence-corrected chi connectivity index (χ0v) is 21.0. The van der Waals surface area contributed by atoms with Gasteiger partial charge in [-0.05, 0) is 48.1 Å². The van der Waals surface area contributed by atoms with Crippen LogP contribution in [-0.2, 0) is 15.3 Å². The summed E-state index contributed by atoms with van der Waals surface area (Å²) in [5.41, 5.74) is 2.18. The van der Waals surface area contributed by atoms with Crippen molar-refractivity contribution in [2.24, 2.45) is 5.41 Å². The van der Waals surface area contributed by atoms with Gasteiger partial charge in [-0.3, -0.25) is 9.69 Å². The minimum atomic E-state index is -3.01. The Hall–Kier alpha value is -2.81. The van der Waals surface area contributed by atoms with E-state index >= 15 is 0 Å². The molecule has 3 heterocycles. The van der Waals surface area contributed by atoms with Crippen LogP contribution in [0.1, 0.15) is 56.0 Å². The van der Waals surface area contributed by atoms with E-state index in [-0.39, 0.29) is 34.9 Å². The number of ketones is 1. The number of hydrogen-bond donors (Lipinski definition) is 0. The second-order valence-corrected chi connectivity index (χ2v) is 12.6. The number of alkyl halides is 2. The van der Waals surface area contributed by atoms with E-state index in [1.807, 2.05) is 37.8 Å². The molecule has 0 amide bonds. The first kappa shape index (κ1) is 25.3. The number of allylic oxidation sites excluding steroid dienone is 1. The molecule has 1 aromatic heterocycles. The van der Waals surface area contributed by atoms with Crippen LogP contribution >= 0.6 is 0 Å². The normalized spacial score (nSPS) is 20.1. The monoisotopic (exact) mass is 504 g/mol. The van der Waals surface area contributed by atoms with E-state index in [1.54, 1.807) is 12.1 Å². The third-order valence-corrected chi connectivity index (χ3v) is 8.82. The van der Waals surface area contributed by atoms with Crippen molar-refractivity contribution < 1.29 is 26.7 Å². The maximum Gasteiger partial charge on any atom is 0.272 e. The molecule has 0 radical (unpaired) electrons. The highest BCUT2D eigenvalue weighted by Gasteiger charge is 2.41. The van der Waals surface area contributed by atoms with Gasteiger partial charge >= 0.3 is 0 Å². The molecule has 0 spiro atoms. The molecule has 188 valence electrons. The Morgan fingerprint density at radius 3 is 2.51 bits per heavy atom. The molecule has 1 saturated heterocycles. The van der Waals surface area contributed by atoms with Gasteiger partial charge in [0.1, 0.15) is 28.0 Å². The van der Waals surface area contributed by atoms with Crippen molar-refractivity contribution in [2.75, 3.05) is 23.0 Å². The lowest BCUT2D eigenvalue weighted by molar-refractivity contribution is 0.0818. The molecule has 0 N–H and O–H groups in total. The highest BCUT2D eigenvalue weighted by molar-refractivity contribution is 7.91. The zero-order chi connectivity index (χ0) is 25.6. The largest absolute Gasteiger partial charge is 0.487 e. The van der Waals surface area contributed by atoms with Crippen LogP contribution in [0.15, 0.2) is 48.8 Å². The fourth-order valence-electron chi connectivity index (χ4n) is 4.72. The van der Waals surface area contributed by atoms with Gasteiger partial charge in [-0.2, -0.15) is 0 Å². The second-order valence-electron chi connectivity index (χ2n) is 10.3. The molecule has 2 aliphatic rings. The summed E-state index contributed by atoms with van der Waals surface area (Å²) in [5, 5.41) is 0. The number of carbonyl (C=O) groups excluding carboxylic acids is 1. The number of pyridine rings is 1. The summed E-state index contributed by atoms with van der Waals surface area (Å²) < 4.78 is 53.9. The van der Waals surface area contributed by atoms with Crippen LogP contribution in [0.4, 0.5) is 20.3 Å². The van der Waals surface area contributed by atoms with Gasteiger partial charge in [-0.25, -0.2) is 22.2 Å². The smallest absolute Gasteiger partial charge is 0.272 e. The van der Waals surface area contributed by atoms with Crippen LogP contribution in [-0.4, -0.2) is 43.7 Å². The summed E-state index contributed by atoms with van der Waals surface area (Å²) in [6.07, 6.45) is 0.175. The van der Waals surface area contributed by atoms with Crippen molar-refractivity contribution in [2.45, 2.75) is 51.9 Å². The average molecular weight is 505 g/mol. The Kier molecular flexibility index (Phi) is 6.51. The number of sulfone groups is 1. The highest BCUT2D eigenvalue weighted by Crippen LogP contribution is 2.50. The summed E-state index contributed by atoms with van der Waals surface area (Å²) >= 11 is 0. The molecule has 0 aliphatic carbocycles.